The molecule has 2 heterocycles. The van der Waals surface area contributed by atoms with Crippen LogP contribution in [-0.4, -0.2) is 29.6 Å². The van der Waals surface area contributed by atoms with E-state index in [0.29, 0.717) is 13.2 Å². The monoisotopic (exact) mass is 212 g/mol. The molecule has 2 atom stereocenters. The van der Waals surface area contributed by atoms with Crippen LogP contribution in [-0.2, 0) is 4.74 Å². The Bertz CT molecular complexity index is 301. The molecule has 2 rings (SSSR count). The lowest BCUT2D eigenvalue weighted by atomic mass is 10.2. The third-order valence-electron chi connectivity index (χ3n) is 2.26. The van der Waals surface area contributed by atoms with Crippen molar-refractivity contribution in [1.82, 2.24) is 4.98 Å². The van der Waals surface area contributed by atoms with Crippen LogP contribution in [0.2, 0.25) is 0 Å². The molecule has 0 spiro atoms. The van der Waals surface area contributed by atoms with Gasteiger partial charge in [-0.1, -0.05) is 6.07 Å². The summed E-state index contributed by atoms with van der Waals surface area (Å²) in [5, 5.41) is 3.29. The van der Waals surface area contributed by atoms with Crippen LogP contribution in [0.15, 0.2) is 18.3 Å². The highest BCUT2D eigenvalue weighted by atomic mass is 35.5. The second kappa shape index (κ2) is 4.15. The van der Waals surface area contributed by atoms with Crippen LogP contribution in [0.3, 0.4) is 0 Å². The molecule has 1 fully saturated rings. The summed E-state index contributed by atoms with van der Waals surface area (Å²) in [7, 11) is 0. The number of nitrogens with zero attached hydrogens (tertiary/aromatic N) is 1. The van der Waals surface area contributed by atoms with Crippen LogP contribution in [0.5, 0.6) is 0 Å². The summed E-state index contributed by atoms with van der Waals surface area (Å²) in [4.78, 5) is 4.25. The smallest absolute Gasteiger partial charge is 0.126 e. The Hall–Kier alpha value is -0.800. The summed E-state index contributed by atoms with van der Waals surface area (Å²) in [6, 6.07) is 4.15. The van der Waals surface area contributed by atoms with Crippen molar-refractivity contribution in [3.63, 3.8) is 0 Å². The fourth-order valence-corrected chi connectivity index (χ4v) is 1.63. The van der Waals surface area contributed by atoms with E-state index in [1.165, 1.54) is 0 Å². The Kier molecular flexibility index (Phi) is 2.89. The SMILES string of the molecule is Cc1ccc(NC2COCC2Cl)nc1. The van der Waals surface area contributed by atoms with Crippen LogP contribution in [0.4, 0.5) is 5.82 Å². The van der Waals surface area contributed by atoms with E-state index in [-0.39, 0.29) is 11.4 Å². The Balaban J connectivity index is 2.00. The number of pyridine rings is 1. The zero-order chi connectivity index (χ0) is 9.97. The molecule has 1 aliphatic heterocycles. The molecule has 2 unspecified atom stereocenters. The van der Waals surface area contributed by atoms with Gasteiger partial charge in [0, 0.05) is 6.20 Å². The minimum absolute atomic E-state index is 0.0399. The summed E-state index contributed by atoms with van der Waals surface area (Å²) in [5.74, 6) is 0.858. The van der Waals surface area contributed by atoms with Gasteiger partial charge >= 0.3 is 0 Å². The first-order chi connectivity index (χ1) is 6.75. The molecule has 76 valence electrons. The van der Waals surface area contributed by atoms with E-state index in [4.69, 9.17) is 16.3 Å². The third kappa shape index (κ3) is 2.16. The predicted octanol–water partition coefficient (Wildman–Crippen LogP) is 1.81. The van der Waals surface area contributed by atoms with Crippen molar-refractivity contribution in [2.24, 2.45) is 0 Å². The molecule has 14 heavy (non-hydrogen) atoms. The number of halogens is 1. The average molecular weight is 213 g/mol. The largest absolute Gasteiger partial charge is 0.378 e. The minimum Gasteiger partial charge on any atom is -0.378 e. The summed E-state index contributed by atoms with van der Waals surface area (Å²) in [5.41, 5.74) is 1.15. The molecule has 1 saturated heterocycles. The Morgan fingerprint density at radius 1 is 1.50 bits per heavy atom. The summed E-state index contributed by atoms with van der Waals surface area (Å²) in [6.07, 6.45) is 1.83. The molecule has 0 aliphatic carbocycles. The van der Waals surface area contributed by atoms with Gasteiger partial charge in [0.05, 0.1) is 24.6 Å². The Morgan fingerprint density at radius 3 is 2.93 bits per heavy atom. The standard InChI is InChI=1S/C10H13ClN2O/c1-7-2-3-10(12-4-7)13-9-6-14-5-8(9)11/h2-4,8-9H,5-6H2,1H3,(H,12,13). The first kappa shape index (κ1) is 9.74. The fourth-order valence-electron chi connectivity index (χ4n) is 1.40. The number of rotatable bonds is 2. The number of aromatic nitrogens is 1. The highest BCUT2D eigenvalue weighted by Crippen LogP contribution is 2.16. The van der Waals surface area contributed by atoms with Gasteiger partial charge in [-0.05, 0) is 18.6 Å². The molecule has 0 amide bonds. The molecule has 1 aliphatic rings. The highest BCUT2D eigenvalue weighted by molar-refractivity contribution is 6.21. The van der Waals surface area contributed by atoms with Gasteiger partial charge in [0.15, 0.2) is 0 Å². The van der Waals surface area contributed by atoms with E-state index in [2.05, 4.69) is 10.3 Å². The average Bonchev–Trinajstić information content (AvgIpc) is 2.56. The first-order valence-electron chi connectivity index (χ1n) is 4.67. The molecule has 4 heteroatoms. The van der Waals surface area contributed by atoms with Crippen molar-refractivity contribution in [3.05, 3.63) is 23.9 Å². The summed E-state index contributed by atoms with van der Waals surface area (Å²) in [6.45, 7) is 3.29. The van der Waals surface area contributed by atoms with Crippen LogP contribution < -0.4 is 5.32 Å². The van der Waals surface area contributed by atoms with Crippen molar-refractivity contribution < 1.29 is 4.74 Å². The van der Waals surface area contributed by atoms with Crippen molar-refractivity contribution in [2.45, 2.75) is 18.3 Å². The number of hydrogen-bond acceptors (Lipinski definition) is 3. The van der Waals surface area contributed by atoms with Gasteiger partial charge in [0.2, 0.25) is 0 Å². The van der Waals surface area contributed by atoms with Crippen LogP contribution in [0.25, 0.3) is 0 Å². The van der Waals surface area contributed by atoms with E-state index < -0.39 is 0 Å². The summed E-state index contributed by atoms with van der Waals surface area (Å²) >= 11 is 6.04. The third-order valence-corrected chi connectivity index (χ3v) is 2.69. The van der Waals surface area contributed by atoms with Gasteiger partial charge in [-0.3, -0.25) is 0 Å². The molecule has 1 N–H and O–H groups in total. The van der Waals surface area contributed by atoms with Crippen LogP contribution in [0.1, 0.15) is 5.56 Å². The van der Waals surface area contributed by atoms with Gasteiger partial charge in [-0.25, -0.2) is 4.98 Å². The normalized spacial score (nSPS) is 26.4. The van der Waals surface area contributed by atoms with Crippen LogP contribution in [0, 0.1) is 6.92 Å². The maximum Gasteiger partial charge on any atom is 0.126 e. The summed E-state index contributed by atoms with van der Waals surface area (Å²) < 4.78 is 5.24. The number of aryl methyl sites for hydroxylation is 1. The van der Waals surface area contributed by atoms with Gasteiger partial charge < -0.3 is 10.1 Å². The van der Waals surface area contributed by atoms with Crippen molar-refractivity contribution in [2.75, 3.05) is 18.5 Å². The quantitative estimate of drug-likeness (QED) is 0.760. The Morgan fingerprint density at radius 2 is 2.36 bits per heavy atom. The maximum absolute atomic E-state index is 6.04. The number of ether oxygens (including phenoxy) is 1. The molecule has 1 aromatic rings. The second-order valence-electron chi connectivity index (χ2n) is 3.53. The van der Waals surface area contributed by atoms with Crippen LogP contribution >= 0.6 is 11.6 Å². The molecule has 0 bridgehead atoms. The zero-order valence-corrected chi connectivity index (χ0v) is 8.79. The fraction of sp³-hybridized carbons (Fsp3) is 0.500. The topological polar surface area (TPSA) is 34.1 Å². The highest BCUT2D eigenvalue weighted by Gasteiger charge is 2.26. The minimum atomic E-state index is 0.0399. The molecular weight excluding hydrogens is 200 g/mol. The lowest BCUT2D eigenvalue weighted by Gasteiger charge is -2.14. The molecule has 0 radical (unpaired) electrons. The second-order valence-corrected chi connectivity index (χ2v) is 4.09. The van der Waals surface area contributed by atoms with Crippen molar-refractivity contribution in [1.29, 1.82) is 0 Å². The lowest BCUT2D eigenvalue weighted by Crippen LogP contribution is -2.28. The van der Waals surface area contributed by atoms with E-state index in [1.54, 1.807) is 0 Å². The zero-order valence-electron chi connectivity index (χ0n) is 8.03. The number of hydrogen-bond donors (Lipinski definition) is 1. The molecule has 3 nitrogen and oxygen atoms in total. The van der Waals surface area contributed by atoms with Crippen molar-refractivity contribution >= 4 is 17.4 Å². The van der Waals surface area contributed by atoms with E-state index in [9.17, 15) is 0 Å². The number of nitrogens with one attached hydrogen (secondary N) is 1. The Labute approximate surface area is 88.4 Å². The molecule has 0 saturated carbocycles. The molecule has 1 aromatic heterocycles. The lowest BCUT2D eigenvalue weighted by molar-refractivity contribution is 0.196. The number of alkyl halides is 1. The first-order valence-corrected chi connectivity index (χ1v) is 5.10. The van der Waals surface area contributed by atoms with Gasteiger partial charge in [0.1, 0.15) is 5.82 Å². The van der Waals surface area contributed by atoms with E-state index in [0.717, 1.165) is 11.4 Å². The van der Waals surface area contributed by atoms with E-state index in [1.807, 2.05) is 25.3 Å². The maximum atomic E-state index is 6.04. The molecular formula is C10H13ClN2O. The van der Waals surface area contributed by atoms with E-state index >= 15 is 0 Å². The van der Waals surface area contributed by atoms with Gasteiger partial charge in [-0.2, -0.15) is 0 Å². The predicted molar refractivity (Wildman–Crippen MR) is 56.8 cm³/mol. The number of anilines is 1. The van der Waals surface area contributed by atoms with Gasteiger partial charge in [-0.15, -0.1) is 11.6 Å². The van der Waals surface area contributed by atoms with Crippen molar-refractivity contribution in [3.8, 4) is 0 Å². The van der Waals surface area contributed by atoms with Gasteiger partial charge in [0.25, 0.3) is 0 Å². The molecule has 0 aromatic carbocycles.